The van der Waals surface area contributed by atoms with Crippen LogP contribution in [0.2, 0.25) is 0 Å². The lowest BCUT2D eigenvalue weighted by Gasteiger charge is -2.38. The van der Waals surface area contributed by atoms with Crippen LogP contribution in [0.3, 0.4) is 0 Å². The molecular formula is C17H33N3O2. The number of ether oxygens (including phenoxy) is 1. The van der Waals surface area contributed by atoms with Gasteiger partial charge in [-0.1, -0.05) is 0 Å². The van der Waals surface area contributed by atoms with Crippen LogP contribution in [0, 0.1) is 11.3 Å². The Kier molecular flexibility index (Phi) is 6.66. The van der Waals surface area contributed by atoms with Crippen LogP contribution in [-0.2, 0) is 9.53 Å². The first-order valence-corrected chi connectivity index (χ1v) is 8.78. The number of likely N-dealkylation sites (tertiary alicyclic amines) is 1. The summed E-state index contributed by atoms with van der Waals surface area (Å²) in [5.74, 6) is 0.439. The summed E-state index contributed by atoms with van der Waals surface area (Å²) in [7, 11) is 1.76. The van der Waals surface area contributed by atoms with E-state index in [1.165, 1.54) is 0 Å². The van der Waals surface area contributed by atoms with Crippen LogP contribution < -0.4 is 10.6 Å². The van der Waals surface area contributed by atoms with Crippen molar-refractivity contribution in [2.75, 3.05) is 46.4 Å². The van der Waals surface area contributed by atoms with E-state index in [4.69, 9.17) is 4.74 Å². The van der Waals surface area contributed by atoms with E-state index in [0.717, 1.165) is 65.0 Å². The summed E-state index contributed by atoms with van der Waals surface area (Å²) in [6, 6.07) is 0.587. The van der Waals surface area contributed by atoms with Crippen molar-refractivity contribution in [1.29, 1.82) is 0 Å². The predicted molar refractivity (Wildman–Crippen MR) is 88.9 cm³/mol. The van der Waals surface area contributed by atoms with Crippen molar-refractivity contribution < 1.29 is 9.53 Å². The molecule has 1 amide bonds. The number of nitrogens with one attached hydrogen (secondary N) is 2. The highest BCUT2D eigenvalue weighted by molar-refractivity contribution is 5.78. The molecule has 22 heavy (non-hydrogen) atoms. The number of methoxy groups -OCH3 is 1. The molecule has 0 aliphatic carbocycles. The molecule has 0 aromatic carbocycles. The third-order valence-electron chi connectivity index (χ3n) is 5.38. The average Bonchev–Trinajstić information content (AvgIpc) is 2.54. The number of piperidine rings is 2. The van der Waals surface area contributed by atoms with Crippen LogP contribution in [0.4, 0.5) is 0 Å². The van der Waals surface area contributed by atoms with Crippen molar-refractivity contribution in [2.45, 2.75) is 45.6 Å². The first-order chi connectivity index (χ1) is 10.6. The van der Waals surface area contributed by atoms with Gasteiger partial charge in [-0.05, 0) is 65.7 Å². The summed E-state index contributed by atoms with van der Waals surface area (Å²) in [6.07, 6.45) is 4.13. The van der Waals surface area contributed by atoms with Gasteiger partial charge in [0.25, 0.3) is 0 Å². The smallest absolute Gasteiger partial charge is 0.223 e. The van der Waals surface area contributed by atoms with E-state index in [0.29, 0.717) is 6.04 Å². The van der Waals surface area contributed by atoms with Crippen molar-refractivity contribution in [2.24, 2.45) is 11.3 Å². The van der Waals surface area contributed by atoms with Gasteiger partial charge in [0.05, 0.1) is 6.61 Å². The number of rotatable bonds is 6. The lowest BCUT2D eigenvalue weighted by Crippen LogP contribution is -2.49. The molecule has 5 heteroatoms. The molecule has 128 valence electrons. The molecule has 2 rings (SSSR count). The van der Waals surface area contributed by atoms with E-state index < -0.39 is 0 Å². The zero-order valence-corrected chi connectivity index (χ0v) is 14.5. The third kappa shape index (κ3) is 4.67. The number of hydrogen-bond donors (Lipinski definition) is 2. The van der Waals surface area contributed by atoms with E-state index in [9.17, 15) is 4.79 Å². The molecule has 2 fully saturated rings. The molecule has 0 saturated carbocycles. The summed E-state index contributed by atoms with van der Waals surface area (Å²) in [6.45, 7) is 10.1. The molecule has 0 bridgehead atoms. The van der Waals surface area contributed by atoms with Gasteiger partial charge in [-0.15, -0.1) is 0 Å². The van der Waals surface area contributed by atoms with Crippen molar-refractivity contribution in [3.63, 3.8) is 0 Å². The highest BCUT2D eigenvalue weighted by Gasteiger charge is 2.34. The number of amides is 1. The zero-order chi connectivity index (χ0) is 16.0. The average molecular weight is 311 g/mol. The minimum atomic E-state index is 0.119. The highest BCUT2D eigenvalue weighted by Crippen LogP contribution is 2.28. The second kappa shape index (κ2) is 8.27. The molecular weight excluding hydrogens is 278 g/mol. The molecule has 0 aromatic heterocycles. The summed E-state index contributed by atoms with van der Waals surface area (Å²) < 4.78 is 5.42. The Morgan fingerprint density at radius 3 is 2.50 bits per heavy atom. The fourth-order valence-electron chi connectivity index (χ4n) is 3.73. The van der Waals surface area contributed by atoms with E-state index >= 15 is 0 Å². The van der Waals surface area contributed by atoms with Gasteiger partial charge in [-0.25, -0.2) is 0 Å². The second-order valence-electron chi connectivity index (χ2n) is 7.30. The van der Waals surface area contributed by atoms with Crippen LogP contribution in [0.25, 0.3) is 0 Å². The maximum absolute atomic E-state index is 12.5. The normalized spacial score (nSPS) is 23.6. The van der Waals surface area contributed by atoms with Crippen LogP contribution in [0.15, 0.2) is 0 Å². The Morgan fingerprint density at radius 1 is 1.32 bits per heavy atom. The molecule has 2 heterocycles. The number of carbonyl (C=O) groups excluding carboxylic acids is 1. The predicted octanol–water partition coefficient (Wildman–Crippen LogP) is 1.24. The zero-order valence-electron chi connectivity index (χ0n) is 14.5. The molecule has 0 atom stereocenters. The third-order valence-corrected chi connectivity index (χ3v) is 5.38. The molecule has 2 saturated heterocycles. The Labute approximate surface area is 135 Å². The molecule has 0 unspecified atom stereocenters. The van der Waals surface area contributed by atoms with Gasteiger partial charge in [-0.2, -0.15) is 0 Å². The molecule has 2 aliphatic heterocycles. The first-order valence-electron chi connectivity index (χ1n) is 8.78. The van der Waals surface area contributed by atoms with Gasteiger partial charge < -0.3 is 20.3 Å². The fraction of sp³-hybridized carbons (Fsp3) is 0.941. The maximum Gasteiger partial charge on any atom is 0.223 e. The summed E-state index contributed by atoms with van der Waals surface area (Å²) >= 11 is 0. The Balaban J connectivity index is 1.79. The quantitative estimate of drug-likeness (QED) is 0.775. The van der Waals surface area contributed by atoms with Gasteiger partial charge in [0.1, 0.15) is 0 Å². The summed E-state index contributed by atoms with van der Waals surface area (Å²) in [5.41, 5.74) is 0.119. The van der Waals surface area contributed by atoms with Crippen molar-refractivity contribution in [3.05, 3.63) is 0 Å². The molecule has 2 N–H and O–H groups in total. The van der Waals surface area contributed by atoms with Gasteiger partial charge >= 0.3 is 0 Å². The van der Waals surface area contributed by atoms with Gasteiger partial charge in [0, 0.05) is 31.0 Å². The topological polar surface area (TPSA) is 53.6 Å². The first kappa shape index (κ1) is 17.7. The maximum atomic E-state index is 12.5. The van der Waals surface area contributed by atoms with Crippen molar-refractivity contribution in [1.82, 2.24) is 15.5 Å². The minimum Gasteiger partial charge on any atom is -0.384 e. The van der Waals surface area contributed by atoms with Crippen LogP contribution in [0.5, 0.6) is 0 Å². The summed E-state index contributed by atoms with van der Waals surface area (Å²) in [4.78, 5) is 14.9. The standard InChI is InChI=1S/C17H33N3O2/c1-14(2)20-10-4-15(5-11-20)16(21)19-12-17(13-22-3)6-8-18-9-7-17/h14-15,18H,4-13H2,1-3H3,(H,19,21). The van der Waals surface area contributed by atoms with Crippen LogP contribution in [0.1, 0.15) is 39.5 Å². The van der Waals surface area contributed by atoms with Crippen LogP contribution in [-0.4, -0.2) is 63.3 Å². The summed E-state index contributed by atoms with van der Waals surface area (Å²) in [5, 5.41) is 6.62. The van der Waals surface area contributed by atoms with E-state index in [2.05, 4.69) is 29.4 Å². The van der Waals surface area contributed by atoms with Crippen molar-refractivity contribution in [3.8, 4) is 0 Å². The highest BCUT2D eigenvalue weighted by atomic mass is 16.5. The minimum absolute atomic E-state index is 0.119. The number of carbonyl (C=O) groups is 1. The lowest BCUT2D eigenvalue weighted by atomic mass is 9.79. The van der Waals surface area contributed by atoms with E-state index in [1.807, 2.05) is 0 Å². The SMILES string of the molecule is COCC1(CNC(=O)C2CCN(C(C)C)CC2)CCNCC1. The second-order valence-corrected chi connectivity index (χ2v) is 7.30. The fourth-order valence-corrected chi connectivity index (χ4v) is 3.73. The molecule has 5 nitrogen and oxygen atoms in total. The van der Waals surface area contributed by atoms with Gasteiger partial charge in [0.15, 0.2) is 0 Å². The number of hydrogen-bond acceptors (Lipinski definition) is 4. The van der Waals surface area contributed by atoms with Crippen molar-refractivity contribution >= 4 is 5.91 Å². The van der Waals surface area contributed by atoms with Gasteiger partial charge in [0.2, 0.25) is 5.91 Å². The van der Waals surface area contributed by atoms with Crippen LogP contribution >= 0.6 is 0 Å². The molecule has 0 aromatic rings. The van der Waals surface area contributed by atoms with Gasteiger partial charge in [-0.3, -0.25) is 4.79 Å². The number of nitrogens with zero attached hydrogens (tertiary/aromatic N) is 1. The molecule has 0 radical (unpaired) electrons. The Hall–Kier alpha value is -0.650. The molecule has 2 aliphatic rings. The molecule has 0 spiro atoms. The Bertz CT molecular complexity index is 340. The lowest BCUT2D eigenvalue weighted by molar-refractivity contribution is -0.127. The van der Waals surface area contributed by atoms with E-state index in [-0.39, 0.29) is 17.2 Å². The monoisotopic (exact) mass is 311 g/mol. The Morgan fingerprint density at radius 2 is 1.95 bits per heavy atom. The largest absolute Gasteiger partial charge is 0.384 e. The van der Waals surface area contributed by atoms with E-state index in [1.54, 1.807) is 7.11 Å².